The van der Waals surface area contributed by atoms with E-state index in [0.29, 0.717) is 10.7 Å². The zero-order valence-electron chi connectivity index (χ0n) is 12.3. The van der Waals surface area contributed by atoms with Crippen molar-refractivity contribution in [2.24, 2.45) is 0 Å². The molecule has 3 aromatic rings. The molecule has 24 heavy (non-hydrogen) atoms. The molecule has 0 aliphatic heterocycles. The van der Waals surface area contributed by atoms with E-state index in [9.17, 15) is 9.18 Å². The molecular weight excluding hydrogens is 331 g/mol. The average Bonchev–Trinajstić information content (AvgIpc) is 2.57. The van der Waals surface area contributed by atoms with Crippen LogP contribution in [0.15, 0.2) is 60.8 Å². The maximum absolute atomic E-state index is 13.6. The predicted molar refractivity (Wildman–Crippen MR) is 91.1 cm³/mol. The molecule has 2 aromatic carbocycles. The zero-order valence-corrected chi connectivity index (χ0v) is 13.1. The quantitative estimate of drug-likeness (QED) is 0.743. The monoisotopic (exact) mass is 342 g/mol. The van der Waals surface area contributed by atoms with Gasteiger partial charge in [0.25, 0.3) is 5.91 Å². The molecule has 0 fully saturated rings. The molecule has 0 aliphatic carbocycles. The minimum atomic E-state index is -0.435. The average molecular weight is 343 g/mol. The highest BCUT2D eigenvalue weighted by Crippen LogP contribution is 2.18. The standard InChI is InChI=1S/C17H12ClFN4O/c18-11-4-3-5-12(10-11)21-16(24)15-8-9-20-17(23-15)22-14-7-2-1-6-13(14)19/h1-10H,(H,21,24)(H,20,22,23). The van der Waals surface area contributed by atoms with Crippen LogP contribution < -0.4 is 10.6 Å². The van der Waals surface area contributed by atoms with E-state index in [2.05, 4.69) is 20.6 Å². The minimum Gasteiger partial charge on any atom is -0.322 e. The van der Waals surface area contributed by atoms with E-state index in [4.69, 9.17) is 11.6 Å². The van der Waals surface area contributed by atoms with Gasteiger partial charge in [-0.15, -0.1) is 0 Å². The van der Waals surface area contributed by atoms with E-state index < -0.39 is 11.7 Å². The van der Waals surface area contributed by atoms with Crippen molar-refractivity contribution in [1.82, 2.24) is 9.97 Å². The number of para-hydroxylation sites is 1. The normalized spacial score (nSPS) is 10.2. The third-order valence-corrected chi connectivity index (χ3v) is 3.33. The van der Waals surface area contributed by atoms with E-state index in [1.165, 1.54) is 18.3 Å². The van der Waals surface area contributed by atoms with Crippen molar-refractivity contribution < 1.29 is 9.18 Å². The first kappa shape index (κ1) is 15.9. The van der Waals surface area contributed by atoms with E-state index in [0.717, 1.165) is 0 Å². The van der Waals surface area contributed by atoms with Crippen molar-refractivity contribution in [3.63, 3.8) is 0 Å². The maximum Gasteiger partial charge on any atom is 0.274 e. The largest absolute Gasteiger partial charge is 0.322 e. The molecule has 0 radical (unpaired) electrons. The molecule has 7 heteroatoms. The lowest BCUT2D eigenvalue weighted by Crippen LogP contribution is -2.14. The van der Waals surface area contributed by atoms with Crippen LogP contribution in [-0.4, -0.2) is 15.9 Å². The Labute approximate surface area is 142 Å². The summed E-state index contributed by atoms with van der Waals surface area (Å²) in [6.45, 7) is 0. The van der Waals surface area contributed by atoms with Crippen LogP contribution in [0.4, 0.5) is 21.7 Å². The van der Waals surface area contributed by atoms with Gasteiger partial charge in [-0.1, -0.05) is 29.8 Å². The highest BCUT2D eigenvalue weighted by molar-refractivity contribution is 6.30. The lowest BCUT2D eigenvalue weighted by atomic mass is 10.3. The molecule has 5 nitrogen and oxygen atoms in total. The second-order valence-electron chi connectivity index (χ2n) is 4.83. The summed E-state index contributed by atoms with van der Waals surface area (Å²) in [5.41, 5.74) is 0.920. The molecule has 2 N–H and O–H groups in total. The van der Waals surface area contributed by atoms with Gasteiger partial charge in [0.1, 0.15) is 11.5 Å². The number of rotatable bonds is 4. The van der Waals surface area contributed by atoms with Gasteiger partial charge in [0.15, 0.2) is 0 Å². The molecule has 1 heterocycles. The zero-order chi connectivity index (χ0) is 16.9. The van der Waals surface area contributed by atoms with Crippen LogP contribution in [0.3, 0.4) is 0 Å². The third kappa shape index (κ3) is 3.85. The van der Waals surface area contributed by atoms with E-state index in [1.54, 1.807) is 42.5 Å². The first-order chi connectivity index (χ1) is 11.6. The number of anilines is 3. The van der Waals surface area contributed by atoms with Gasteiger partial charge in [-0.25, -0.2) is 14.4 Å². The topological polar surface area (TPSA) is 66.9 Å². The minimum absolute atomic E-state index is 0.124. The van der Waals surface area contributed by atoms with E-state index in [-0.39, 0.29) is 17.3 Å². The second kappa shape index (κ2) is 7.06. The van der Waals surface area contributed by atoms with Gasteiger partial charge in [0.2, 0.25) is 5.95 Å². The van der Waals surface area contributed by atoms with Crippen LogP contribution in [0.1, 0.15) is 10.5 Å². The molecular formula is C17H12ClFN4O. The van der Waals surface area contributed by atoms with Gasteiger partial charge >= 0.3 is 0 Å². The van der Waals surface area contributed by atoms with E-state index >= 15 is 0 Å². The Balaban J connectivity index is 1.77. The fourth-order valence-corrected chi connectivity index (χ4v) is 2.18. The lowest BCUT2D eigenvalue weighted by Gasteiger charge is -2.08. The highest BCUT2D eigenvalue weighted by Gasteiger charge is 2.10. The summed E-state index contributed by atoms with van der Waals surface area (Å²) in [5, 5.41) is 5.94. The summed E-state index contributed by atoms with van der Waals surface area (Å²) in [6.07, 6.45) is 1.42. The van der Waals surface area contributed by atoms with Gasteiger partial charge in [0, 0.05) is 16.9 Å². The van der Waals surface area contributed by atoms with Crippen molar-refractivity contribution in [2.75, 3.05) is 10.6 Å². The molecule has 0 unspecified atom stereocenters. The number of aromatic nitrogens is 2. The highest BCUT2D eigenvalue weighted by atomic mass is 35.5. The van der Waals surface area contributed by atoms with E-state index in [1.807, 2.05) is 0 Å². The summed E-state index contributed by atoms with van der Waals surface area (Å²) in [6, 6.07) is 14.4. The number of carbonyl (C=O) groups is 1. The van der Waals surface area contributed by atoms with Crippen molar-refractivity contribution in [3.8, 4) is 0 Å². The van der Waals surface area contributed by atoms with Crippen molar-refractivity contribution >= 4 is 34.8 Å². The molecule has 0 saturated heterocycles. The van der Waals surface area contributed by atoms with Gasteiger partial charge in [-0.2, -0.15) is 0 Å². The van der Waals surface area contributed by atoms with Crippen LogP contribution in [0.5, 0.6) is 0 Å². The van der Waals surface area contributed by atoms with Gasteiger partial charge in [0.05, 0.1) is 5.69 Å². The summed E-state index contributed by atoms with van der Waals surface area (Å²) in [4.78, 5) is 20.3. The number of halogens is 2. The number of benzene rings is 2. The van der Waals surface area contributed by atoms with Crippen LogP contribution in [0.25, 0.3) is 0 Å². The number of nitrogens with zero attached hydrogens (tertiary/aromatic N) is 2. The Bertz CT molecular complexity index is 888. The van der Waals surface area contributed by atoms with Crippen LogP contribution in [0.2, 0.25) is 5.02 Å². The lowest BCUT2D eigenvalue weighted by molar-refractivity contribution is 0.102. The SMILES string of the molecule is O=C(Nc1cccc(Cl)c1)c1ccnc(Nc2ccccc2F)n1. The summed E-state index contributed by atoms with van der Waals surface area (Å²) in [7, 11) is 0. The molecule has 3 rings (SSSR count). The maximum atomic E-state index is 13.6. The fourth-order valence-electron chi connectivity index (χ4n) is 1.99. The van der Waals surface area contributed by atoms with Crippen molar-refractivity contribution in [3.05, 3.63) is 77.3 Å². The molecule has 0 aliphatic rings. The van der Waals surface area contributed by atoms with Crippen LogP contribution in [-0.2, 0) is 0 Å². The summed E-state index contributed by atoms with van der Waals surface area (Å²) >= 11 is 5.88. The first-order valence-corrected chi connectivity index (χ1v) is 7.41. The predicted octanol–water partition coefficient (Wildman–Crippen LogP) is 4.27. The number of hydrogen-bond donors (Lipinski definition) is 2. The molecule has 1 aromatic heterocycles. The molecule has 120 valence electrons. The molecule has 0 atom stereocenters. The van der Waals surface area contributed by atoms with Gasteiger partial charge < -0.3 is 10.6 Å². The molecule has 0 bridgehead atoms. The number of amides is 1. The van der Waals surface area contributed by atoms with Crippen LogP contribution in [0, 0.1) is 5.82 Å². The molecule has 1 amide bonds. The third-order valence-electron chi connectivity index (χ3n) is 3.09. The van der Waals surface area contributed by atoms with Gasteiger partial charge in [-0.05, 0) is 36.4 Å². The summed E-state index contributed by atoms with van der Waals surface area (Å²) < 4.78 is 13.6. The second-order valence-corrected chi connectivity index (χ2v) is 5.27. The van der Waals surface area contributed by atoms with Crippen molar-refractivity contribution in [2.45, 2.75) is 0 Å². The summed E-state index contributed by atoms with van der Waals surface area (Å²) in [5.74, 6) is -0.732. The smallest absolute Gasteiger partial charge is 0.274 e. The Morgan fingerprint density at radius 3 is 2.71 bits per heavy atom. The Morgan fingerprint density at radius 1 is 1.08 bits per heavy atom. The number of hydrogen-bond acceptors (Lipinski definition) is 4. The number of carbonyl (C=O) groups excluding carboxylic acids is 1. The Morgan fingerprint density at radius 2 is 1.92 bits per heavy atom. The Kier molecular flexibility index (Phi) is 4.67. The molecule has 0 spiro atoms. The van der Waals surface area contributed by atoms with Gasteiger partial charge in [-0.3, -0.25) is 4.79 Å². The number of nitrogens with one attached hydrogen (secondary N) is 2. The molecule has 0 saturated carbocycles. The van der Waals surface area contributed by atoms with Crippen molar-refractivity contribution in [1.29, 1.82) is 0 Å². The first-order valence-electron chi connectivity index (χ1n) is 7.03. The fraction of sp³-hybridized carbons (Fsp3) is 0. The van der Waals surface area contributed by atoms with Crippen LogP contribution >= 0.6 is 11.6 Å². The Hall–Kier alpha value is -2.99.